The molecule has 6 heteroatoms. The molecule has 98 valence electrons. The second-order valence-electron chi connectivity index (χ2n) is 4.43. The lowest BCUT2D eigenvalue weighted by atomic mass is 10.1. The number of amides is 1. The van der Waals surface area contributed by atoms with Crippen LogP contribution in [0.15, 0.2) is 12.1 Å². The zero-order valence-electron chi connectivity index (χ0n) is 10.3. The fraction of sp³-hybridized carbons (Fsp3) is 0.417. The lowest BCUT2D eigenvalue weighted by Gasteiger charge is -2.27. The highest BCUT2D eigenvalue weighted by atomic mass is 127. The van der Waals surface area contributed by atoms with E-state index in [1.807, 2.05) is 14.1 Å². The molecular formula is C12H15I2N3O. The van der Waals surface area contributed by atoms with Gasteiger partial charge < -0.3 is 10.2 Å². The Morgan fingerprint density at radius 2 is 1.89 bits per heavy atom. The van der Waals surface area contributed by atoms with Gasteiger partial charge in [0.25, 0.3) is 0 Å². The lowest BCUT2D eigenvalue weighted by molar-refractivity contribution is -0.123. The molecule has 1 atom stereocenters. The minimum Gasteiger partial charge on any atom is -0.376 e. The van der Waals surface area contributed by atoms with Gasteiger partial charge in [0.2, 0.25) is 5.91 Å². The maximum atomic E-state index is 11.4. The van der Waals surface area contributed by atoms with Crippen LogP contribution in [0.3, 0.4) is 0 Å². The van der Waals surface area contributed by atoms with Gasteiger partial charge in [0.1, 0.15) is 6.17 Å². The Kier molecular flexibility index (Phi) is 4.70. The molecule has 0 saturated carbocycles. The minimum atomic E-state index is -0.0653. The van der Waals surface area contributed by atoms with E-state index in [1.165, 1.54) is 12.8 Å². The average Bonchev–Trinajstić information content (AvgIpc) is 2.27. The Hall–Kier alpha value is -0.0900. The van der Waals surface area contributed by atoms with Crippen LogP contribution in [0.1, 0.15) is 18.2 Å². The molecule has 1 aliphatic rings. The summed E-state index contributed by atoms with van der Waals surface area (Å²) < 4.78 is 2.39. The van der Waals surface area contributed by atoms with Crippen molar-refractivity contribution in [1.82, 2.24) is 10.6 Å². The summed E-state index contributed by atoms with van der Waals surface area (Å²) in [6.45, 7) is 0.735. The monoisotopic (exact) mass is 471 g/mol. The maximum absolute atomic E-state index is 11.4. The number of hydrogen-bond acceptors (Lipinski definition) is 3. The standard InChI is InChI=1S/C12H15I2N3O/c1-17(2)11-8(13)5-7(6-9(11)14)12-15-4-3-10(18)16-12/h5-6,12,15H,3-4H2,1-2H3,(H,16,18)/t12-/m0/s1. The van der Waals surface area contributed by atoms with E-state index in [1.54, 1.807) is 0 Å². The molecule has 0 unspecified atom stereocenters. The molecule has 0 spiro atoms. The fourth-order valence-corrected chi connectivity index (χ4v) is 4.78. The van der Waals surface area contributed by atoms with Gasteiger partial charge in [-0.2, -0.15) is 0 Å². The van der Waals surface area contributed by atoms with Crippen LogP contribution in [-0.4, -0.2) is 26.5 Å². The minimum absolute atomic E-state index is 0.0653. The Morgan fingerprint density at radius 3 is 2.39 bits per heavy atom. The van der Waals surface area contributed by atoms with E-state index in [-0.39, 0.29) is 12.1 Å². The molecule has 0 bridgehead atoms. The van der Waals surface area contributed by atoms with Gasteiger partial charge in [-0.15, -0.1) is 0 Å². The van der Waals surface area contributed by atoms with E-state index in [9.17, 15) is 4.79 Å². The summed E-state index contributed by atoms with van der Waals surface area (Å²) >= 11 is 4.68. The van der Waals surface area contributed by atoms with Crippen molar-refractivity contribution in [2.45, 2.75) is 12.6 Å². The normalized spacial score (nSPS) is 19.6. The van der Waals surface area contributed by atoms with Crippen LogP contribution in [0.2, 0.25) is 0 Å². The molecule has 1 aromatic rings. The number of halogens is 2. The SMILES string of the molecule is CN(C)c1c(I)cc([C@H]2NCCC(=O)N2)cc1I. The average molecular weight is 471 g/mol. The fourth-order valence-electron chi connectivity index (χ4n) is 1.99. The van der Waals surface area contributed by atoms with Crippen molar-refractivity contribution in [2.24, 2.45) is 0 Å². The second-order valence-corrected chi connectivity index (χ2v) is 6.76. The van der Waals surface area contributed by atoms with Gasteiger partial charge in [-0.05, 0) is 62.9 Å². The quantitative estimate of drug-likeness (QED) is 0.650. The summed E-state index contributed by atoms with van der Waals surface area (Å²) in [7, 11) is 4.08. The van der Waals surface area contributed by atoms with Gasteiger partial charge in [-0.25, -0.2) is 0 Å². The lowest BCUT2D eigenvalue weighted by Crippen LogP contribution is -2.44. The van der Waals surface area contributed by atoms with Crippen LogP contribution in [0.5, 0.6) is 0 Å². The summed E-state index contributed by atoms with van der Waals surface area (Å²) in [5.74, 6) is 0.112. The molecule has 1 saturated heterocycles. The summed E-state index contributed by atoms with van der Waals surface area (Å²) in [5, 5.41) is 6.28. The van der Waals surface area contributed by atoms with Crippen LogP contribution in [0, 0.1) is 7.14 Å². The van der Waals surface area contributed by atoms with E-state index in [2.05, 4.69) is 72.8 Å². The molecule has 1 amide bonds. The Morgan fingerprint density at radius 1 is 1.28 bits per heavy atom. The van der Waals surface area contributed by atoms with Crippen molar-refractivity contribution in [3.05, 3.63) is 24.8 Å². The van der Waals surface area contributed by atoms with Crippen molar-refractivity contribution >= 4 is 56.8 Å². The summed E-state index contributed by atoms with van der Waals surface area (Å²) in [4.78, 5) is 13.5. The zero-order chi connectivity index (χ0) is 13.3. The highest BCUT2D eigenvalue weighted by molar-refractivity contribution is 14.1. The van der Waals surface area contributed by atoms with Gasteiger partial charge in [0, 0.05) is 34.2 Å². The molecule has 4 nitrogen and oxygen atoms in total. The van der Waals surface area contributed by atoms with Crippen LogP contribution in [0.25, 0.3) is 0 Å². The third-order valence-corrected chi connectivity index (χ3v) is 4.47. The number of anilines is 1. The van der Waals surface area contributed by atoms with Gasteiger partial charge in [0.05, 0.1) is 5.69 Å². The first kappa shape index (κ1) is 14.3. The largest absolute Gasteiger partial charge is 0.376 e. The number of carbonyl (C=O) groups excluding carboxylic acids is 1. The van der Waals surface area contributed by atoms with Crippen molar-refractivity contribution in [1.29, 1.82) is 0 Å². The molecule has 1 fully saturated rings. The first-order chi connectivity index (χ1) is 8.49. The number of benzene rings is 1. The third kappa shape index (κ3) is 3.08. The number of nitrogens with one attached hydrogen (secondary N) is 2. The van der Waals surface area contributed by atoms with Gasteiger partial charge in [0.15, 0.2) is 0 Å². The molecule has 1 aromatic carbocycles. The predicted octanol–water partition coefficient (Wildman–Crippen LogP) is 2.07. The van der Waals surface area contributed by atoms with Crippen LogP contribution in [-0.2, 0) is 4.79 Å². The topological polar surface area (TPSA) is 44.4 Å². The summed E-state index contributed by atoms with van der Waals surface area (Å²) in [6.07, 6.45) is 0.491. The molecule has 2 rings (SSSR count). The van der Waals surface area contributed by atoms with Gasteiger partial charge >= 0.3 is 0 Å². The second kappa shape index (κ2) is 5.91. The van der Waals surface area contributed by atoms with E-state index in [0.29, 0.717) is 6.42 Å². The number of rotatable bonds is 2. The smallest absolute Gasteiger partial charge is 0.222 e. The molecule has 18 heavy (non-hydrogen) atoms. The van der Waals surface area contributed by atoms with Crippen LogP contribution < -0.4 is 15.5 Å². The molecular weight excluding hydrogens is 456 g/mol. The first-order valence-corrected chi connectivity index (χ1v) is 7.84. The van der Waals surface area contributed by atoms with Crippen LogP contribution in [0.4, 0.5) is 5.69 Å². The molecule has 0 aromatic heterocycles. The molecule has 0 radical (unpaired) electrons. The van der Waals surface area contributed by atoms with Gasteiger partial charge in [-0.1, -0.05) is 0 Å². The predicted molar refractivity (Wildman–Crippen MR) is 89.7 cm³/mol. The number of hydrogen-bond donors (Lipinski definition) is 2. The van der Waals surface area contributed by atoms with E-state index < -0.39 is 0 Å². The Bertz CT molecular complexity index is 453. The van der Waals surface area contributed by atoms with Gasteiger partial charge in [-0.3, -0.25) is 10.1 Å². The third-order valence-electron chi connectivity index (χ3n) is 2.83. The molecule has 0 aliphatic carbocycles. The van der Waals surface area contributed by atoms with Crippen molar-refractivity contribution in [3.63, 3.8) is 0 Å². The van der Waals surface area contributed by atoms with Crippen molar-refractivity contribution in [2.75, 3.05) is 25.5 Å². The van der Waals surface area contributed by atoms with E-state index in [0.717, 1.165) is 12.1 Å². The van der Waals surface area contributed by atoms with Crippen LogP contribution >= 0.6 is 45.2 Å². The zero-order valence-corrected chi connectivity index (χ0v) is 14.6. The van der Waals surface area contributed by atoms with E-state index in [4.69, 9.17) is 0 Å². The highest BCUT2D eigenvalue weighted by Gasteiger charge is 2.21. The van der Waals surface area contributed by atoms with Crippen molar-refractivity contribution < 1.29 is 4.79 Å². The summed E-state index contributed by atoms with van der Waals surface area (Å²) in [5.41, 5.74) is 2.34. The van der Waals surface area contributed by atoms with E-state index >= 15 is 0 Å². The molecule has 2 N–H and O–H groups in total. The highest BCUT2D eigenvalue weighted by Crippen LogP contribution is 2.30. The summed E-state index contributed by atoms with van der Waals surface area (Å²) in [6, 6.07) is 4.25. The Balaban J connectivity index is 2.32. The maximum Gasteiger partial charge on any atom is 0.222 e. The van der Waals surface area contributed by atoms with Crippen molar-refractivity contribution in [3.8, 4) is 0 Å². The first-order valence-electron chi connectivity index (χ1n) is 5.68. The number of carbonyl (C=O) groups is 1. The Labute approximate surface area is 134 Å². The molecule has 1 heterocycles. The molecule has 1 aliphatic heterocycles. The number of nitrogens with zero attached hydrogens (tertiary/aromatic N) is 1.